The Morgan fingerprint density at radius 1 is 1.53 bits per heavy atom. The number of aromatic nitrogens is 3. The Labute approximate surface area is 101 Å². The maximum absolute atomic E-state index is 8.72. The second kappa shape index (κ2) is 8.86. The van der Waals surface area contributed by atoms with Crippen LogP contribution in [0.2, 0.25) is 0 Å². The summed E-state index contributed by atoms with van der Waals surface area (Å²) >= 11 is 0. The molecule has 0 fully saturated rings. The lowest BCUT2D eigenvalue weighted by atomic mass is 10.4. The number of aliphatic hydroxyl groups is 1. The molecule has 6 heteroatoms. The lowest BCUT2D eigenvalue weighted by molar-refractivity contribution is 0.140. The maximum Gasteiger partial charge on any atom is 0.0964 e. The molecular formula is C11H20N4O2. The van der Waals surface area contributed by atoms with Gasteiger partial charge in [-0.2, -0.15) is 0 Å². The quantitative estimate of drug-likeness (QED) is 0.443. The summed E-state index contributed by atoms with van der Waals surface area (Å²) in [6.07, 6.45) is 4.55. The summed E-state index contributed by atoms with van der Waals surface area (Å²) in [5, 5.41) is 19.8. The summed E-state index contributed by atoms with van der Waals surface area (Å²) in [5.41, 5.74) is 0.865. The van der Waals surface area contributed by atoms with Crippen LogP contribution in [0, 0.1) is 0 Å². The largest absolute Gasteiger partial charge is 0.394 e. The number of nitrogens with one attached hydrogen (secondary N) is 1. The van der Waals surface area contributed by atoms with E-state index in [-0.39, 0.29) is 6.61 Å². The van der Waals surface area contributed by atoms with Crippen molar-refractivity contribution in [1.29, 1.82) is 0 Å². The molecule has 96 valence electrons. The highest BCUT2D eigenvalue weighted by Gasteiger charge is 1.99. The van der Waals surface area contributed by atoms with E-state index in [2.05, 4.69) is 22.2 Å². The van der Waals surface area contributed by atoms with E-state index in [1.165, 1.54) is 0 Å². The Kier molecular flexibility index (Phi) is 7.20. The van der Waals surface area contributed by atoms with Crippen molar-refractivity contribution in [3.63, 3.8) is 0 Å². The van der Waals surface area contributed by atoms with E-state index < -0.39 is 0 Å². The minimum atomic E-state index is 0.0768. The molecular weight excluding hydrogens is 220 g/mol. The highest BCUT2D eigenvalue weighted by atomic mass is 16.5. The molecule has 1 aromatic heterocycles. The topological polar surface area (TPSA) is 72.2 Å². The van der Waals surface area contributed by atoms with Crippen LogP contribution in [0.25, 0.3) is 0 Å². The molecule has 1 aromatic rings. The summed E-state index contributed by atoms with van der Waals surface area (Å²) in [4.78, 5) is 0. The van der Waals surface area contributed by atoms with Gasteiger partial charge in [-0.15, -0.1) is 11.7 Å². The van der Waals surface area contributed by atoms with Gasteiger partial charge in [0.2, 0.25) is 0 Å². The third kappa shape index (κ3) is 6.15. The highest BCUT2D eigenvalue weighted by molar-refractivity contribution is 4.91. The normalized spacial score (nSPS) is 10.6. The maximum atomic E-state index is 8.72. The number of aliphatic hydroxyl groups excluding tert-OH is 1. The Bertz CT molecular complexity index is 314. The lowest BCUT2D eigenvalue weighted by Crippen LogP contribution is -2.19. The van der Waals surface area contributed by atoms with Crippen molar-refractivity contribution in [2.75, 3.05) is 26.4 Å². The number of rotatable bonds is 10. The number of hydrogen-bond donors (Lipinski definition) is 2. The molecule has 2 N–H and O–H groups in total. The summed E-state index contributed by atoms with van der Waals surface area (Å²) < 4.78 is 6.97. The van der Waals surface area contributed by atoms with Crippen molar-refractivity contribution in [2.45, 2.75) is 19.5 Å². The average molecular weight is 240 g/mol. The van der Waals surface area contributed by atoms with Gasteiger partial charge in [0, 0.05) is 19.3 Å². The van der Waals surface area contributed by atoms with Crippen LogP contribution in [-0.2, 0) is 17.8 Å². The van der Waals surface area contributed by atoms with E-state index in [9.17, 15) is 0 Å². The second-order valence-corrected chi connectivity index (χ2v) is 3.56. The average Bonchev–Trinajstić information content (AvgIpc) is 2.76. The lowest BCUT2D eigenvalue weighted by Gasteiger charge is -2.03. The van der Waals surface area contributed by atoms with E-state index >= 15 is 0 Å². The van der Waals surface area contributed by atoms with E-state index in [0.29, 0.717) is 19.7 Å². The van der Waals surface area contributed by atoms with Gasteiger partial charge in [0.15, 0.2) is 0 Å². The zero-order valence-corrected chi connectivity index (χ0v) is 10.0. The van der Waals surface area contributed by atoms with Crippen LogP contribution in [-0.4, -0.2) is 46.5 Å². The molecule has 0 saturated heterocycles. The van der Waals surface area contributed by atoms with Crippen LogP contribution < -0.4 is 5.32 Å². The van der Waals surface area contributed by atoms with Crippen LogP contribution in [0.1, 0.15) is 12.1 Å². The first-order chi connectivity index (χ1) is 8.36. The van der Waals surface area contributed by atoms with Gasteiger partial charge in [-0.3, -0.25) is 0 Å². The fourth-order valence-corrected chi connectivity index (χ4v) is 1.26. The van der Waals surface area contributed by atoms with Gasteiger partial charge in [0.05, 0.1) is 32.1 Å². The van der Waals surface area contributed by atoms with Gasteiger partial charge in [-0.1, -0.05) is 11.3 Å². The van der Waals surface area contributed by atoms with Gasteiger partial charge >= 0.3 is 0 Å². The molecule has 1 rings (SSSR count). The van der Waals surface area contributed by atoms with Crippen LogP contribution in [0.3, 0.4) is 0 Å². The molecule has 0 aliphatic rings. The summed E-state index contributed by atoms with van der Waals surface area (Å²) in [7, 11) is 0. The van der Waals surface area contributed by atoms with Crippen molar-refractivity contribution in [3.05, 3.63) is 24.5 Å². The fraction of sp³-hybridized carbons (Fsp3) is 0.636. The molecule has 6 nitrogen and oxygen atoms in total. The van der Waals surface area contributed by atoms with E-state index in [1.807, 2.05) is 12.3 Å². The zero-order valence-electron chi connectivity index (χ0n) is 10.0. The van der Waals surface area contributed by atoms with Crippen molar-refractivity contribution >= 4 is 0 Å². The van der Waals surface area contributed by atoms with Crippen LogP contribution in [0.15, 0.2) is 18.9 Å². The Morgan fingerprint density at radius 2 is 2.41 bits per heavy atom. The Hall–Kier alpha value is -1.24. The number of ether oxygens (including phenoxy) is 1. The molecule has 0 radical (unpaired) electrons. The van der Waals surface area contributed by atoms with E-state index in [0.717, 1.165) is 25.3 Å². The van der Waals surface area contributed by atoms with Gasteiger partial charge < -0.3 is 15.2 Å². The summed E-state index contributed by atoms with van der Waals surface area (Å²) in [6, 6.07) is 0. The molecule has 17 heavy (non-hydrogen) atoms. The van der Waals surface area contributed by atoms with E-state index in [1.54, 1.807) is 4.68 Å². The molecule has 0 atom stereocenters. The molecule has 0 aliphatic carbocycles. The molecule has 0 saturated carbocycles. The van der Waals surface area contributed by atoms with Gasteiger partial charge in [0.25, 0.3) is 0 Å². The van der Waals surface area contributed by atoms with Crippen molar-refractivity contribution in [2.24, 2.45) is 0 Å². The fourth-order valence-electron chi connectivity index (χ4n) is 1.26. The molecule has 0 aliphatic heterocycles. The third-order valence-corrected chi connectivity index (χ3v) is 2.11. The standard InChI is InChI=1S/C11H20N4O2/c1-2-3-7-17-8-4-12-9-11-10-15(5-6-16)14-13-11/h2,10,12,16H,1,3-9H2. The molecule has 0 bridgehead atoms. The SMILES string of the molecule is C=CCCOCCNCc1cn(CCO)nn1. The highest BCUT2D eigenvalue weighted by Crippen LogP contribution is 1.92. The van der Waals surface area contributed by atoms with Gasteiger partial charge in [-0.25, -0.2) is 4.68 Å². The van der Waals surface area contributed by atoms with Gasteiger partial charge in [-0.05, 0) is 6.42 Å². The molecule has 0 unspecified atom stereocenters. The van der Waals surface area contributed by atoms with Crippen molar-refractivity contribution in [3.8, 4) is 0 Å². The third-order valence-electron chi connectivity index (χ3n) is 2.11. The Balaban J connectivity index is 2.03. The van der Waals surface area contributed by atoms with Crippen LogP contribution >= 0.6 is 0 Å². The number of nitrogens with zero attached hydrogens (tertiary/aromatic N) is 3. The monoisotopic (exact) mass is 240 g/mol. The van der Waals surface area contributed by atoms with Gasteiger partial charge in [0.1, 0.15) is 0 Å². The first kappa shape index (κ1) is 13.8. The predicted octanol–water partition coefficient (Wildman–Crippen LogP) is -0.0473. The minimum absolute atomic E-state index is 0.0768. The molecule has 0 aromatic carbocycles. The minimum Gasteiger partial charge on any atom is -0.394 e. The smallest absolute Gasteiger partial charge is 0.0964 e. The van der Waals surface area contributed by atoms with Crippen molar-refractivity contribution < 1.29 is 9.84 Å². The molecule has 1 heterocycles. The Morgan fingerprint density at radius 3 is 3.18 bits per heavy atom. The van der Waals surface area contributed by atoms with Crippen LogP contribution in [0.5, 0.6) is 0 Å². The second-order valence-electron chi connectivity index (χ2n) is 3.56. The summed E-state index contributed by atoms with van der Waals surface area (Å²) in [6.45, 7) is 7.03. The number of hydrogen-bond acceptors (Lipinski definition) is 5. The zero-order chi connectivity index (χ0) is 12.3. The van der Waals surface area contributed by atoms with E-state index in [4.69, 9.17) is 9.84 Å². The summed E-state index contributed by atoms with van der Waals surface area (Å²) in [5.74, 6) is 0. The molecule has 0 spiro atoms. The van der Waals surface area contributed by atoms with Crippen molar-refractivity contribution in [1.82, 2.24) is 20.3 Å². The van der Waals surface area contributed by atoms with Crippen LogP contribution in [0.4, 0.5) is 0 Å². The predicted molar refractivity (Wildman–Crippen MR) is 64.4 cm³/mol. The first-order valence-electron chi connectivity index (χ1n) is 5.76. The first-order valence-corrected chi connectivity index (χ1v) is 5.76. The molecule has 0 amide bonds.